The van der Waals surface area contributed by atoms with Gasteiger partial charge in [0.25, 0.3) is 0 Å². The third kappa shape index (κ3) is 32.7. The standard InChI is InChI=1S/C36H67NO2/c1-3-5-7-9-11-13-15-17-19-21-23-25-27-29-31-33-35(38)37-36(39)34-32-30-28-26-24-22-20-18-16-14-12-10-8-6-4-2/h17-20H,3-16,21-34H2,1-2H3,(H,37,38,39)/b19-17+,20-18+. The highest BCUT2D eigenvalue weighted by Gasteiger charge is 2.07. The van der Waals surface area contributed by atoms with Crippen molar-refractivity contribution in [2.45, 2.75) is 194 Å². The minimum absolute atomic E-state index is 0.0922. The zero-order valence-corrected chi connectivity index (χ0v) is 26.4. The first-order valence-corrected chi connectivity index (χ1v) is 17.3. The van der Waals surface area contributed by atoms with Crippen LogP contribution in [0.25, 0.3) is 0 Å². The van der Waals surface area contributed by atoms with Crippen LogP contribution >= 0.6 is 0 Å². The predicted octanol–water partition coefficient (Wildman–Crippen LogP) is 11.7. The van der Waals surface area contributed by atoms with Crippen molar-refractivity contribution in [3.8, 4) is 0 Å². The number of carbonyl (C=O) groups is 2. The number of carbonyl (C=O) groups excluding carboxylic acids is 2. The highest BCUT2D eigenvalue weighted by molar-refractivity contribution is 5.95. The number of unbranched alkanes of at least 4 members (excludes halogenated alkanes) is 22. The summed E-state index contributed by atoms with van der Waals surface area (Å²) in [6, 6.07) is 0. The van der Waals surface area contributed by atoms with Gasteiger partial charge in [-0.3, -0.25) is 14.9 Å². The summed E-state index contributed by atoms with van der Waals surface area (Å²) >= 11 is 0. The maximum atomic E-state index is 12.0. The molecule has 0 radical (unpaired) electrons. The van der Waals surface area contributed by atoms with Crippen molar-refractivity contribution >= 4 is 11.8 Å². The van der Waals surface area contributed by atoms with Gasteiger partial charge in [0, 0.05) is 12.8 Å². The minimum atomic E-state index is -0.0922. The predicted molar refractivity (Wildman–Crippen MR) is 172 cm³/mol. The Morgan fingerprint density at radius 2 is 0.641 bits per heavy atom. The molecule has 1 N–H and O–H groups in total. The van der Waals surface area contributed by atoms with Crippen LogP contribution in [0.5, 0.6) is 0 Å². The lowest BCUT2D eigenvalue weighted by Gasteiger charge is -2.05. The first-order valence-electron chi connectivity index (χ1n) is 17.3. The molecule has 0 heterocycles. The molecule has 0 saturated carbocycles. The van der Waals surface area contributed by atoms with Crippen LogP contribution in [0.15, 0.2) is 24.3 Å². The molecule has 0 fully saturated rings. The molecule has 0 aromatic heterocycles. The average Bonchev–Trinajstić information content (AvgIpc) is 2.93. The summed E-state index contributed by atoms with van der Waals surface area (Å²) in [5, 5.41) is 2.58. The van der Waals surface area contributed by atoms with Crippen molar-refractivity contribution in [1.82, 2.24) is 5.32 Å². The van der Waals surface area contributed by atoms with Crippen molar-refractivity contribution in [2.75, 3.05) is 0 Å². The molecule has 0 aliphatic heterocycles. The first-order chi connectivity index (χ1) is 19.2. The summed E-state index contributed by atoms with van der Waals surface area (Å²) in [6.07, 6.45) is 42.9. The highest BCUT2D eigenvalue weighted by Crippen LogP contribution is 2.12. The van der Waals surface area contributed by atoms with E-state index in [0.717, 1.165) is 25.7 Å². The van der Waals surface area contributed by atoms with Crippen LogP contribution < -0.4 is 5.32 Å². The van der Waals surface area contributed by atoms with E-state index < -0.39 is 0 Å². The summed E-state index contributed by atoms with van der Waals surface area (Å²) in [5.74, 6) is -0.184. The Balaban J connectivity index is 3.37. The van der Waals surface area contributed by atoms with E-state index in [4.69, 9.17) is 0 Å². The second-order valence-corrected chi connectivity index (χ2v) is 11.6. The molecular formula is C36H67NO2. The number of allylic oxidation sites excluding steroid dienone is 4. The van der Waals surface area contributed by atoms with E-state index in [0.29, 0.717) is 12.8 Å². The topological polar surface area (TPSA) is 46.2 Å². The Kier molecular flexibility index (Phi) is 31.7. The Hall–Kier alpha value is -1.38. The molecule has 0 aliphatic rings. The molecule has 2 amide bonds. The van der Waals surface area contributed by atoms with Gasteiger partial charge in [-0.15, -0.1) is 0 Å². The molecule has 0 aliphatic carbocycles. The van der Waals surface area contributed by atoms with Crippen LogP contribution in [-0.4, -0.2) is 11.8 Å². The molecule has 0 rings (SSSR count). The minimum Gasteiger partial charge on any atom is -0.296 e. The zero-order valence-electron chi connectivity index (χ0n) is 26.4. The average molecular weight is 546 g/mol. The molecule has 0 aromatic rings. The molecular weight excluding hydrogens is 478 g/mol. The van der Waals surface area contributed by atoms with Crippen molar-refractivity contribution in [1.29, 1.82) is 0 Å². The number of nitrogens with one attached hydrogen (secondary N) is 1. The molecule has 0 atom stereocenters. The number of rotatable bonds is 30. The Bertz CT molecular complexity index is 531. The first kappa shape index (κ1) is 37.6. The molecule has 39 heavy (non-hydrogen) atoms. The van der Waals surface area contributed by atoms with Gasteiger partial charge in [0.05, 0.1) is 0 Å². The van der Waals surface area contributed by atoms with Crippen molar-refractivity contribution in [3.05, 3.63) is 24.3 Å². The van der Waals surface area contributed by atoms with E-state index in [9.17, 15) is 9.59 Å². The monoisotopic (exact) mass is 546 g/mol. The van der Waals surface area contributed by atoms with Crippen LogP contribution in [0.2, 0.25) is 0 Å². The SMILES string of the molecule is CCCCCCCC/C=C/CCCCCCCC(=O)NC(=O)CCCCCCC/C=C/CCCCCCCC. The third-order valence-electron chi connectivity index (χ3n) is 7.61. The van der Waals surface area contributed by atoms with Crippen LogP contribution in [-0.2, 0) is 9.59 Å². The summed E-state index contributed by atoms with van der Waals surface area (Å²) in [6.45, 7) is 4.53. The lowest BCUT2D eigenvalue weighted by molar-refractivity contribution is -0.130. The van der Waals surface area contributed by atoms with Gasteiger partial charge in [0.15, 0.2) is 0 Å². The van der Waals surface area contributed by atoms with E-state index >= 15 is 0 Å². The van der Waals surface area contributed by atoms with E-state index in [-0.39, 0.29) is 11.8 Å². The van der Waals surface area contributed by atoms with Gasteiger partial charge in [-0.25, -0.2) is 0 Å². The van der Waals surface area contributed by atoms with Crippen LogP contribution in [0, 0.1) is 0 Å². The maximum absolute atomic E-state index is 12.0. The fourth-order valence-corrected chi connectivity index (χ4v) is 4.99. The van der Waals surface area contributed by atoms with Gasteiger partial charge in [-0.1, -0.05) is 141 Å². The number of amides is 2. The molecule has 0 bridgehead atoms. The van der Waals surface area contributed by atoms with Crippen molar-refractivity contribution < 1.29 is 9.59 Å². The zero-order chi connectivity index (χ0) is 28.5. The summed E-state index contributed by atoms with van der Waals surface area (Å²) in [7, 11) is 0. The van der Waals surface area contributed by atoms with Crippen molar-refractivity contribution in [2.24, 2.45) is 0 Å². The summed E-state index contributed by atoms with van der Waals surface area (Å²) in [5.41, 5.74) is 0. The lowest BCUT2D eigenvalue weighted by Crippen LogP contribution is -2.29. The van der Waals surface area contributed by atoms with E-state index in [1.165, 1.54) is 141 Å². The molecule has 3 nitrogen and oxygen atoms in total. The maximum Gasteiger partial charge on any atom is 0.226 e. The Morgan fingerprint density at radius 3 is 0.949 bits per heavy atom. The third-order valence-corrected chi connectivity index (χ3v) is 7.61. The number of hydrogen-bond donors (Lipinski definition) is 1. The smallest absolute Gasteiger partial charge is 0.226 e. The largest absolute Gasteiger partial charge is 0.296 e. The van der Waals surface area contributed by atoms with Gasteiger partial charge in [0.1, 0.15) is 0 Å². The molecule has 3 heteroatoms. The van der Waals surface area contributed by atoms with E-state index in [1.807, 2.05) is 0 Å². The van der Waals surface area contributed by atoms with Crippen LogP contribution in [0.1, 0.15) is 194 Å². The quantitative estimate of drug-likeness (QED) is 0.0720. The van der Waals surface area contributed by atoms with Gasteiger partial charge in [0.2, 0.25) is 11.8 Å². The summed E-state index contributed by atoms with van der Waals surface area (Å²) in [4.78, 5) is 24.0. The van der Waals surface area contributed by atoms with Crippen molar-refractivity contribution in [3.63, 3.8) is 0 Å². The Morgan fingerprint density at radius 1 is 0.385 bits per heavy atom. The van der Waals surface area contributed by atoms with E-state index in [1.54, 1.807) is 0 Å². The highest BCUT2D eigenvalue weighted by atomic mass is 16.2. The van der Waals surface area contributed by atoms with Crippen LogP contribution in [0.3, 0.4) is 0 Å². The normalized spacial score (nSPS) is 11.6. The molecule has 0 unspecified atom stereocenters. The lowest BCUT2D eigenvalue weighted by atomic mass is 10.1. The molecule has 0 aromatic carbocycles. The second kappa shape index (κ2) is 32.8. The van der Waals surface area contributed by atoms with Gasteiger partial charge in [-0.05, 0) is 64.2 Å². The second-order valence-electron chi connectivity index (χ2n) is 11.6. The Labute approximate surface area is 244 Å². The number of imide groups is 1. The fourth-order valence-electron chi connectivity index (χ4n) is 4.99. The van der Waals surface area contributed by atoms with Gasteiger partial charge >= 0.3 is 0 Å². The van der Waals surface area contributed by atoms with Gasteiger partial charge in [-0.2, -0.15) is 0 Å². The van der Waals surface area contributed by atoms with E-state index in [2.05, 4.69) is 43.5 Å². The van der Waals surface area contributed by atoms with Gasteiger partial charge < -0.3 is 0 Å². The molecule has 0 spiro atoms. The van der Waals surface area contributed by atoms with Crippen LogP contribution in [0.4, 0.5) is 0 Å². The number of hydrogen-bond acceptors (Lipinski definition) is 2. The fraction of sp³-hybridized carbons (Fsp3) is 0.833. The molecule has 0 saturated heterocycles. The summed E-state index contributed by atoms with van der Waals surface area (Å²) < 4.78 is 0. The molecule has 228 valence electrons.